The van der Waals surface area contributed by atoms with Crippen LogP contribution in [0.5, 0.6) is 0 Å². The zero-order valence-electron chi connectivity index (χ0n) is 17.2. The lowest BCUT2D eigenvalue weighted by atomic mass is 10.0. The van der Waals surface area contributed by atoms with E-state index in [9.17, 15) is 9.18 Å². The minimum absolute atomic E-state index is 0.115. The second-order valence-electron chi connectivity index (χ2n) is 7.59. The van der Waals surface area contributed by atoms with Crippen molar-refractivity contribution < 1.29 is 9.18 Å². The molecule has 0 saturated heterocycles. The van der Waals surface area contributed by atoms with E-state index in [1.165, 1.54) is 31.3 Å². The number of nitrogens with one attached hydrogen (secondary N) is 4. The highest BCUT2D eigenvalue weighted by Crippen LogP contribution is 2.33. The van der Waals surface area contributed by atoms with E-state index in [1.54, 1.807) is 19.3 Å². The van der Waals surface area contributed by atoms with E-state index >= 15 is 0 Å². The van der Waals surface area contributed by atoms with Crippen molar-refractivity contribution in [3.63, 3.8) is 0 Å². The van der Waals surface area contributed by atoms with Gasteiger partial charge in [-0.3, -0.25) is 4.79 Å². The summed E-state index contributed by atoms with van der Waals surface area (Å²) in [6.07, 6.45) is 8.61. The van der Waals surface area contributed by atoms with E-state index in [2.05, 4.69) is 30.6 Å². The normalized spacial score (nSPS) is 14.7. The molecule has 0 aliphatic heterocycles. The van der Waals surface area contributed by atoms with E-state index in [4.69, 9.17) is 5.41 Å². The quantitative estimate of drug-likeness (QED) is 0.437. The van der Waals surface area contributed by atoms with Gasteiger partial charge in [-0.15, -0.1) is 0 Å². The first-order valence-electron chi connectivity index (χ1n) is 10.3. The summed E-state index contributed by atoms with van der Waals surface area (Å²) in [4.78, 5) is 29.0. The van der Waals surface area contributed by atoms with Crippen LogP contribution in [0.25, 0.3) is 16.7 Å². The second kappa shape index (κ2) is 9.03. The third kappa shape index (κ3) is 4.45. The number of carbonyl (C=O) groups excluding carboxylic acids is 1. The molecule has 1 aliphatic carbocycles. The molecule has 31 heavy (non-hydrogen) atoms. The summed E-state index contributed by atoms with van der Waals surface area (Å²) in [5.74, 6) is 0.388. The Labute approximate surface area is 178 Å². The van der Waals surface area contributed by atoms with Crippen molar-refractivity contribution in [1.82, 2.24) is 30.6 Å². The van der Waals surface area contributed by atoms with Crippen LogP contribution < -0.4 is 10.6 Å². The molecule has 1 aliphatic rings. The number of amides is 1. The van der Waals surface area contributed by atoms with Crippen LogP contribution in [0.4, 0.5) is 4.39 Å². The van der Waals surface area contributed by atoms with Gasteiger partial charge in [0.25, 0.3) is 5.91 Å². The molecule has 0 unspecified atom stereocenters. The topological polar surface area (TPSA) is 119 Å². The van der Waals surface area contributed by atoms with Crippen molar-refractivity contribution >= 4 is 28.9 Å². The first-order chi connectivity index (χ1) is 15.1. The molecule has 9 heteroatoms. The van der Waals surface area contributed by atoms with Crippen LogP contribution >= 0.6 is 0 Å². The molecule has 0 spiro atoms. The van der Waals surface area contributed by atoms with E-state index in [0.29, 0.717) is 33.8 Å². The average molecular weight is 421 g/mol. The molecule has 8 nitrogen and oxygen atoms in total. The van der Waals surface area contributed by atoms with Gasteiger partial charge in [0.15, 0.2) is 11.3 Å². The summed E-state index contributed by atoms with van der Waals surface area (Å²) in [5, 5.41) is 13.1. The molecule has 2 heterocycles. The number of nitrogens with zero attached hydrogens (tertiary/aromatic N) is 3. The van der Waals surface area contributed by atoms with E-state index in [0.717, 1.165) is 24.9 Å². The van der Waals surface area contributed by atoms with Crippen molar-refractivity contribution in [3.05, 3.63) is 59.2 Å². The Balaban J connectivity index is 1.54. The molecule has 0 bridgehead atoms. The van der Waals surface area contributed by atoms with E-state index in [-0.39, 0.29) is 12.2 Å². The molecular weight excluding hydrogens is 397 g/mol. The van der Waals surface area contributed by atoms with Gasteiger partial charge in [-0.1, -0.05) is 12.8 Å². The molecule has 0 atom stereocenters. The lowest BCUT2D eigenvalue weighted by molar-refractivity contribution is 0.0947. The Bertz CT molecular complexity index is 1150. The zero-order chi connectivity index (χ0) is 21.8. The van der Waals surface area contributed by atoms with Gasteiger partial charge in [0, 0.05) is 37.5 Å². The van der Waals surface area contributed by atoms with Gasteiger partial charge >= 0.3 is 0 Å². The second-order valence-corrected chi connectivity index (χ2v) is 7.59. The van der Waals surface area contributed by atoms with Gasteiger partial charge in [-0.2, -0.15) is 0 Å². The first-order valence-corrected chi connectivity index (χ1v) is 10.3. The molecule has 0 radical (unpaired) electrons. The summed E-state index contributed by atoms with van der Waals surface area (Å²) >= 11 is 0. The van der Waals surface area contributed by atoms with Gasteiger partial charge in [-0.05, 0) is 42.2 Å². The molecule has 1 aromatic carbocycles. The molecular formula is C22H24FN7O. The molecule has 3 aromatic rings. The van der Waals surface area contributed by atoms with Crippen molar-refractivity contribution in [2.75, 3.05) is 7.05 Å². The van der Waals surface area contributed by atoms with E-state index in [1.807, 2.05) is 0 Å². The summed E-state index contributed by atoms with van der Waals surface area (Å²) in [7, 11) is 1.71. The number of hydrogen-bond acceptors (Lipinski definition) is 6. The highest BCUT2D eigenvalue weighted by molar-refractivity contribution is 6.08. The number of aromatic amines is 1. The minimum atomic E-state index is -0.440. The Kier molecular flexibility index (Phi) is 6.01. The number of aromatic nitrogens is 4. The van der Waals surface area contributed by atoms with E-state index < -0.39 is 11.7 Å². The number of rotatable bonds is 7. The van der Waals surface area contributed by atoms with Gasteiger partial charge < -0.3 is 21.0 Å². The largest absolute Gasteiger partial charge is 0.393 e. The maximum atomic E-state index is 14.1. The standard InChI is InChI=1S/C22H24FN7O/c1-25-11-16(9-24)15-6-13(7-17(23)8-15)10-26-22(31)19-18-21(28-12-27-19)30-20(29-18)14-4-2-3-5-14/h6-9,11-12,14,24-25H,2-5,10H2,1H3,(H,26,31)(H,27,28,29,30)/b16-11+,24-9?. The van der Waals surface area contributed by atoms with Crippen molar-refractivity contribution in [1.29, 1.82) is 5.41 Å². The highest BCUT2D eigenvalue weighted by atomic mass is 19.1. The van der Waals surface area contributed by atoms with Crippen LogP contribution in [0.15, 0.2) is 30.7 Å². The van der Waals surface area contributed by atoms with Crippen LogP contribution in [0.3, 0.4) is 0 Å². The fourth-order valence-corrected chi connectivity index (χ4v) is 3.96. The number of halogens is 1. The lowest BCUT2D eigenvalue weighted by Gasteiger charge is -2.09. The van der Waals surface area contributed by atoms with Gasteiger partial charge in [-0.25, -0.2) is 19.3 Å². The number of imidazole rings is 1. The molecule has 1 amide bonds. The van der Waals surface area contributed by atoms with Crippen molar-refractivity contribution in [3.8, 4) is 0 Å². The summed E-state index contributed by atoms with van der Waals surface area (Å²) in [5.41, 5.74) is 2.87. The van der Waals surface area contributed by atoms with Crippen LogP contribution in [0.1, 0.15) is 59.0 Å². The maximum absolute atomic E-state index is 14.1. The SMILES string of the molecule is CN/C=C(\C=N)c1cc(F)cc(CNC(=O)c2ncnc3nc(C4CCCC4)[nH]c23)c1. The van der Waals surface area contributed by atoms with Crippen LogP contribution in [0.2, 0.25) is 0 Å². The Morgan fingerprint density at radius 1 is 1.29 bits per heavy atom. The Morgan fingerprint density at radius 3 is 2.84 bits per heavy atom. The van der Waals surface area contributed by atoms with Gasteiger partial charge in [0.05, 0.1) is 0 Å². The first kappa shape index (κ1) is 20.6. The number of H-pyrrole nitrogens is 1. The number of hydrogen-bond donors (Lipinski definition) is 4. The predicted octanol–water partition coefficient (Wildman–Crippen LogP) is 3.29. The fraction of sp³-hybridized carbons (Fsp3) is 0.318. The zero-order valence-corrected chi connectivity index (χ0v) is 17.2. The smallest absolute Gasteiger partial charge is 0.272 e. The summed E-state index contributed by atoms with van der Waals surface area (Å²) in [6.45, 7) is 0.115. The van der Waals surface area contributed by atoms with Crippen LogP contribution in [0, 0.1) is 11.2 Å². The van der Waals surface area contributed by atoms with Crippen molar-refractivity contribution in [2.45, 2.75) is 38.1 Å². The van der Waals surface area contributed by atoms with Gasteiger partial charge in [0.2, 0.25) is 0 Å². The molecule has 2 aromatic heterocycles. The number of allylic oxidation sites excluding steroid dienone is 1. The predicted molar refractivity (Wildman–Crippen MR) is 116 cm³/mol. The Morgan fingerprint density at radius 2 is 2.10 bits per heavy atom. The summed E-state index contributed by atoms with van der Waals surface area (Å²) in [6, 6.07) is 4.44. The average Bonchev–Trinajstić information content (AvgIpc) is 3.44. The molecule has 160 valence electrons. The lowest BCUT2D eigenvalue weighted by Crippen LogP contribution is -2.24. The summed E-state index contributed by atoms with van der Waals surface area (Å²) < 4.78 is 14.1. The third-order valence-electron chi connectivity index (χ3n) is 5.46. The highest BCUT2D eigenvalue weighted by Gasteiger charge is 2.23. The third-order valence-corrected chi connectivity index (χ3v) is 5.46. The molecule has 4 N–H and O–H groups in total. The number of carbonyl (C=O) groups is 1. The van der Waals surface area contributed by atoms with Crippen LogP contribution in [-0.2, 0) is 6.54 Å². The Hall–Kier alpha value is -3.62. The van der Waals surface area contributed by atoms with Crippen molar-refractivity contribution in [2.24, 2.45) is 0 Å². The molecule has 4 rings (SSSR count). The number of benzene rings is 1. The maximum Gasteiger partial charge on any atom is 0.272 e. The van der Waals surface area contributed by atoms with Crippen LogP contribution in [-0.4, -0.2) is 39.1 Å². The molecule has 1 saturated carbocycles. The fourth-order valence-electron chi connectivity index (χ4n) is 3.96. The molecule has 1 fully saturated rings. The van der Waals surface area contributed by atoms with Gasteiger partial charge in [0.1, 0.15) is 23.5 Å². The monoisotopic (exact) mass is 421 g/mol. The number of fused-ring (bicyclic) bond motifs is 1. The minimum Gasteiger partial charge on any atom is -0.393 e.